The van der Waals surface area contributed by atoms with Crippen molar-refractivity contribution in [2.24, 2.45) is 10.9 Å². The molecule has 0 unspecified atom stereocenters. The Kier molecular flexibility index (Phi) is 4.17. The highest BCUT2D eigenvalue weighted by Gasteiger charge is 2.01. The Morgan fingerprint density at radius 2 is 2.17 bits per heavy atom. The van der Waals surface area contributed by atoms with Gasteiger partial charge in [0.25, 0.3) is 0 Å². The molecule has 2 N–H and O–H groups in total. The molecule has 0 saturated carbocycles. The predicted octanol–water partition coefficient (Wildman–Crippen LogP) is 2.94. The van der Waals surface area contributed by atoms with Crippen LogP contribution >= 0.6 is 22.9 Å². The number of hydrogen-bond donors (Lipinski definition) is 1. The summed E-state index contributed by atoms with van der Waals surface area (Å²) in [6.45, 7) is 2.26. The third-order valence-electron chi connectivity index (χ3n) is 2.18. The molecule has 4 nitrogen and oxygen atoms in total. The summed E-state index contributed by atoms with van der Waals surface area (Å²) in [6, 6.07) is 7.08. The molecule has 1 aromatic heterocycles. The smallest absolute Gasteiger partial charge is 0.170 e. The Hall–Kier alpha value is -1.59. The average Bonchev–Trinajstić information content (AvgIpc) is 2.76. The maximum absolute atomic E-state index is 5.78. The van der Waals surface area contributed by atoms with Crippen molar-refractivity contribution in [2.75, 3.05) is 0 Å². The molecule has 0 fully saturated rings. The van der Waals surface area contributed by atoms with Crippen LogP contribution in [0.3, 0.4) is 0 Å². The largest absolute Gasteiger partial charge is 0.388 e. The van der Waals surface area contributed by atoms with Crippen molar-refractivity contribution in [1.29, 1.82) is 0 Å². The van der Waals surface area contributed by atoms with E-state index < -0.39 is 0 Å². The van der Waals surface area contributed by atoms with Crippen LogP contribution in [0.2, 0.25) is 5.02 Å². The Labute approximate surface area is 114 Å². The molecule has 1 aromatic carbocycles. The number of hydrogen-bond acceptors (Lipinski definition) is 4. The second-order valence-electron chi connectivity index (χ2n) is 3.61. The molecule has 0 aliphatic carbocycles. The van der Waals surface area contributed by atoms with Crippen molar-refractivity contribution in [1.82, 2.24) is 4.98 Å². The van der Waals surface area contributed by atoms with Gasteiger partial charge >= 0.3 is 0 Å². The van der Waals surface area contributed by atoms with Gasteiger partial charge in [0.15, 0.2) is 12.4 Å². The Morgan fingerprint density at radius 3 is 2.78 bits per heavy atom. The van der Waals surface area contributed by atoms with Crippen molar-refractivity contribution in [3.8, 4) is 0 Å². The molecular formula is C12H12ClN3OS. The fourth-order valence-corrected chi connectivity index (χ4v) is 2.04. The minimum Gasteiger partial charge on any atom is -0.388 e. The summed E-state index contributed by atoms with van der Waals surface area (Å²) in [5.74, 6) is 0.318. The van der Waals surface area contributed by atoms with Gasteiger partial charge in [0.1, 0.15) is 0 Å². The van der Waals surface area contributed by atoms with Crippen molar-refractivity contribution < 1.29 is 4.84 Å². The number of aromatic nitrogens is 1. The van der Waals surface area contributed by atoms with E-state index in [0.29, 0.717) is 17.5 Å². The van der Waals surface area contributed by atoms with E-state index >= 15 is 0 Å². The van der Waals surface area contributed by atoms with E-state index in [1.54, 1.807) is 35.6 Å². The Morgan fingerprint density at radius 1 is 1.44 bits per heavy atom. The third-order valence-corrected chi connectivity index (χ3v) is 3.26. The SMILES string of the molecule is Cc1nc(CON=C(N)c2ccc(Cl)cc2)cs1. The quantitative estimate of drug-likeness (QED) is 0.532. The van der Waals surface area contributed by atoms with Crippen LogP contribution in [0.25, 0.3) is 0 Å². The lowest BCUT2D eigenvalue weighted by Crippen LogP contribution is -2.13. The molecule has 18 heavy (non-hydrogen) atoms. The number of nitrogens with two attached hydrogens (primary N) is 1. The van der Waals surface area contributed by atoms with Gasteiger partial charge in [-0.3, -0.25) is 0 Å². The van der Waals surface area contributed by atoms with Gasteiger partial charge in [-0.1, -0.05) is 16.8 Å². The maximum Gasteiger partial charge on any atom is 0.170 e. The second kappa shape index (κ2) is 5.84. The van der Waals surface area contributed by atoms with Crippen LogP contribution < -0.4 is 5.73 Å². The van der Waals surface area contributed by atoms with Crippen LogP contribution in [-0.2, 0) is 11.4 Å². The Bertz CT molecular complexity index is 551. The first kappa shape index (κ1) is 12.9. The number of benzene rings is 1. The topological polar surface area (TPSA) is 60.5 Å². The molecule has 2 aromatic rings. The first-order valence-electron chi connectivity index (χ1n) is 5.27. The zero-order valence-corrected chi connectivity index (χ0v) is 11.3. The van der Waals surface area contributed by atoms with Crippen LogP contribution in [0.4, 0.5) is 0 Å². The highest BCUT2D eigenvalue weighted by Crippen LogP contribution is 2.10. The summed E-state index contributed by atoms with van der Waals surface area (Å²) in [4.78, 5) is 9.41. The van der Waals surface area contributed by atoms with Crippen LogP contribution in [0, 0.1) is 6.92 Å². The van der Waals surface area contributed by atoms with Crippen molar-refractivity contribution in [3.63, 3.8) is 0 Å². The molecule has 94 valence electrons. The molecule has 0 radical (unpaired) electrons. The molecule has 2 rings (SSSR count). The van der Waals surface area contributed by atoms with Crippen LogP contribution in [0.5, 0.6) is 0 Å². The van der Waals surface area contributed by atoms with E-state index in [1.807, 2.05) is 12.3 Å². The minimum atomic E-state index is 0.318. The average molecular weight is 282 g/mol. The molecule has 0 bridgehead atoms. The van der Waals surface area contributed by atoms with E-state index in [-0.39, 0.29) is 0 Å². The summed E-state index contributed by atoms with van der Waals surface area (Å²) in [5, 5.41) is 7.44. The van der Waals surface area contributed by atoms with Crippen LogP contribution in [0.15, 0.2) is 34.8 Å². The summed E-state index contributed by atoms with van der Waals surface area (Å²) in [5.41, 5.74) is 7.40. The Balaban J connectivity index is 1.94. The molecule has 0 amide bonds. The van der Waals surface area contributed by atoms with Gasteiger partial charge in [-0.25, -0.2) is 4.98 Å². The van der Waals surface area contributed by atoms with Crippen LogP contribution in [0.1, 0.15) is 16.3 Å². The van der Waals surface area contributed by atoms with Gasteiger partial charge in [0, 0.05) is 16.0 Å². The first-order valence-corrected chi connectivity index (χ1v) is 6.53. The standard InChI is InChI=1S/C12H12ClN3OS/c1-8-15-11(7-18-8)6-17-16-12(14)9-2-4-10(13)5-3-9/h2-5,7H,6H2,1H3,(H2,14,16). The number of thiazole rings is 1. The zero-order chi connectivity index (χ0) is 13.0. The fourth-order valence-electron chi connectivity index (χ4n) is 1.32. The second-order valence-corrected chi connectivity index (χ2v) is 5.11. The molecule has 0 saturated heterocycles. The summed E-state index contributed by atoms with van der Waals surface area (Å²) in [6.07, 6.45) is 0. The van der Waals surface area contributed by atoms with E-state index in [1.165, 1.54) is 0 Å². The lowest BCUT2D eigenvalue weighted by Gasteiger charge is -2.01. The summed E-state index contributed by atoms with van der Waals surface area (Å²) < 4.78 is 0. The molecule has 1 heterocycles. The first-order chi connectivity index (χ1) is 8.65. The minimum absolute atomic E-state index is 0.318. The van der Waals surface area contributed by atoms with Gasteiger partial charge in [0.2, 0.25) is 0 Å². The number of oxime groups is 1. The van der Waals surface area contributed by atoms with Gasteiger partial charge < -0.3 is 10.6 Å². The van der Waals surface area contributed by atoms with Crippen molar-refractivity contribution >= 4 is 28.8 Å². The van der Waals surface area contributed by atoms with Crippen molar-refractivity contribution in [2.45, 2.75) is 13.5 Å². The van der Waals surface area contributed by atoms with Gasteiger partial charge in [-0.15, -0.1) is 11.3 Å². The normalized spacial score (nSPS) is 11.6. The summed E-state index contributed by atoms with van der Waals surface area (Å²) >= 11 is 7.36. The van der Waals surface area contributed by atoms with Gasteiger partial charge in [-0.05, 0) is 31.2 Å². The third kappa shape index (κ3) is 3.45. The van der Waals surface area contributed by atoms with Crippen LogP contribution in [-0.4, -0.2) is 10.8 Å². The van der Waals surface area contributed by atoms with Gasteiger partial charge in [-0.2, -0.15) is 0 Å². The monoisotopic (exact) mass is 281 g/mol. The molecule has 0 spiro atoms. The number of amidine groups is 1. The number of aryl methyl sites for hydroxylation is 1. The predicted molar refractivity (Wildman–Crippen MR) is 73.8 cm³/mol. The summed E-state index contributed by atoms with van der Waals surface area (Å²) in [7, 11) is 0. The zero-order valence-electron chi connectivity index (χ0n) is 9.76. The molecule has 0 aliphatic heterocycles. The number of halogens is 1. The highest BCUT2D eigenvalue weighted by molar-refractivity contribution is 7.09. The van der Waals surface area contributed by atoms with E-state index in [9.17, 15) is 0 Å². The van der Waals surface area contributed by atoms with Crippen molar-refractivity contribution in [3.05, 3.63) is 50.9 Å². The lowest BCUT2D eigenvalue weighted by molar-refractivity contribution is 0.128. The number of rotatable bonds is 4. The number of nitrogens with zero attached hydrogens (tertiary/aromatic N) is 2. The maximum atomic E-state index is 5.78. The molecule has 6 heteroatoms. The molecule has 0 atom stereocenters. The van der Waals surface area contributed by atoms with E-state index in [4.69, 9.17) is 22.2 Å². The van der Waals surface area contributed by atoms with E-state index in [0.717, 1.165) is 16.3 Å². The fraction of sp³-hybridized carbons (Fsp3) is 0.167. The molecule has 0 aliphatic rings. The molecular weight excluding hydrogens is 270 g/mol. The van der Waals surface area contributed by atoms with E-state index in [2.05, 4.69) is 10.1 Å². The van der Waals surface area contributed by atoms with Gasteiger partial charge in [0.05, 0.1) is 10.7 Å². The highest BCUT2D eigenvalue weighted by atomic mass is 35.5. The lowest BCUT2D eigenvalue weighted by atomic mass is 10.2.